The lowest BCUT2D eigenvalue weighted by Gasteiger charge is -2.13. The van der Waals surface area contributed by atoms with Gasteiger partial charge in [0, 0.05) is 13.2 Å². The van der Waals surface area contributed by atoms with E-state index in [0.29, 0.717) is 26.4 Å². The van der Waals surface area contributed by atoms with Crippen molar-refractivity contribution in [2.45, 2.75) is 26.8 Å². The molecule has 4 nitrogen and oxygen atoms in total. The summed E-state index contributed by atoms with van der Waals surface area (Å²) in [5, 5.41) is 0. The number of hydrogen-bond donors (Lipinski definition) is 0. The average molecular weight is 235 g/mol. The lowest BCUT2D eigenvalue weighted by molar-refractivity contribution is 0.0753. The van der Waals surface area contributed by atoms with Crippen molar-refractivity contribution in [1.82, 2.24) is 0 Å². The molecule has 15 heavy (non-hydrogen) atoms. The van der Waals surface area contributed by atoms with Gasteiger partial charge in [-0.3, -0.25) is 0 Å². The summed E-state index contributed by atoms with van der Waals surface area (Å²) in [6.07, 6.45) is 0. The number of ether oxygens (including phenoxy) is 2. The van der Waals surface area contributed by atoms with Gasteiger partial charge in [0.25, 0.3) is 0 Å². The van der Waals surface area contributed by atoms with Crippen molar-refractivity contribution in [3.05, 3.63) is 0 Å². The Kier molecular flexibility index (Phi) is 12.2. The maximum absolute atomic E-state index is 5.57. The van der Waals surface area contributed by atoms with Crippen molar-refractivity contribution in [3.63, 3.8) is 0 Å². The van der Waals surface area contributed by atoms with Crippen molar-refractivity contribution < 1.29 is 18.3 Å². The molecule has 0 aliphatic carbocycles. The largest absolute Gasteiger partial charge is 0.391 e. The number of hydrogen-bond acceptors (Lipinski definition) is 4. The van der Waals surface area contributed by atoms with Gasteiger partial charge in [-0.25, -0.2) is 0 Å². The van der Waals surface area contributed by atoms with E-state index in [1.165, 1.54) is 0 Å². The monoisotopic (exact) mass is 235 g/mol. The van der Waals surface area contributed by atoms with E-state index in [4.69, 9.17) is 18.3 Å². The van der Waals surface area contributed by atoms with E-state index >= 15 is 0 Å². The SMILES string of the molecule is CCOCCO[Si](CC)OCCOCC. The third-order valence-electron chi connectivity index (χ3n) is 1.68. The molecule has 0 aromatic heterocycles. The zero-order valence-electron chi connectivity index (χ0n) is 10.1. The van der Waals surface area contributed by atoms with Crippen molar-refractivity contribution in [1.29, 1.82) is 0 Å². The molecular weight excluding hydrogens is 212 g/mol. The van der Waals surface area contributed by atoms with Gasteiger partial charge in [-0.1, -0.05) is 6.92 Å². The third-order valence-corrected chi connectivity index (χ3v) is 3.31. The average Bonchev–Trinajstić information content (AvgIpc) is 2.27. The first-order valence-corrected chi connectivity index (χ1v) is 7.14. The molecule has 0 bridgehead atoms. The zero-order chi connectivity index (χ0) is 11.4. The zero-order valence-corrected chi connectivity index (χ0v) is 11.1. The quantitative estimate of drug-likeness (QED) is 0.403. The summed E-state index contributed by atoms with van der Waals surface area (Å²) in [6.45, 7) is 10.1. The van der Waals surface area contributed by atoms with Gasteiger partial charge < -0.3 is 18.3 Å². The van der Waals surface area contributed by atoms with Gasteiger partial charge in [0.15, 0.2) is 0 Å². The predicted molar refractivity (Wildman–Crippen MR) is 61.1 cm³/mol. The molecule has 1 radical (unpaired) electrons. The molecule has 0 rings (SSSR count). The van der Waals surface area contributed by atoms with Crippen molar-refractivity contribution >= 4 is 9.28 Å². The van der Waals surface area contributed by atoms with Gasteiger partial charge in [-0.2, -0.15) is 0 Å². The van der Waals surface area contributed by atoms with Gasteiger partial charge in [0.2, 0.25) is 0 Å². The van der Waals surface area contributed by atoms with E-state index < -0.39 is 9.28 Å². The third kappa shape index (κ3) is 10.3. The maximum Gasteiger partial charge on any atom is 0.384 e. The van der Waals surface area contributed by atoms with Gasteiger partial charge >= 0.3 is 9.28 Å². The minimum atomic E-state index is -1.10. The lowest BCUT2D eigenvalue weighted by Crippen LogP contribution is -2.25. The van der Waals surface area contributed by atoms with Crippen LogP contribution in [-0.2, 0) is 18.3 Å². The summed E-state index contributed by atoms with van der Waals surface area (Å²) >= 11 is 0. The van der Waals surface area contributed by atoms with Gasteiger partial charge in [0.05, 0.1) is 26.4 Å². The molecule has 0 saturated carbocycles. The topological polar surface area (TPSA) is 36.9 Å². The van der Waals surface area contributed by atoms with Crippen LogP contribution in [0.25, 0.3) is 0 Å². The molecule has 0 spiro atoms. The molecule has 0 aliphatic rings. The van der Waals surface area contributed by atoms with Crippen LogP contribution in [0.4, 0.5) is 0 Å². The minimum Gasteiger partial charge on any atom is -0.391 e. The fourth-order valence-electron chi connectivity index (χ4n) is 0.963. The van der Waals surface area contributed by atoms with E-state index in [1.54, 1.807) is 0 Å². The van der Waals surface area contributed by atoms with Crippen LogP contribution in [0.5, 0.6) is 0 Å². The van der Waals surface area contributed by atoms with Crippen LogP contribution in [0.15, 0.2) is 0 Å². The molecule has 0 heterocycles. The summed E-state index contributed by atoms with van der Waals surface area (Å²) in [7, 11) is -1.10. The molecule has 91 valence electrons. The van der Waals surface area contributed by atoms with E-state index in [0.717, 1.165) is 19.3 Å². The Morgan fingerprint density at radius 1 is 0.733 bits per heavy atom. The second-order valence-electron chi connectivity index (χ2n) is 2.82. The van der Waals surface area contributed by atoms with Gasteiger partial charge in [-0.05, 0) is 19.9 Å². The summed E-state index contributed by atoms with van der Waals surface area (Å²) in [6, 6.07) is 0.947. The number of rotatable bonds is 11. The summed E-state index contributed by atoms with van der Waals surface area (Å²) in [5.74, 6) is 0. The first-order chi connectivity index (χ1) is 7.35. The van der Waals surface area contributed by atoms with E-state index in [9.17, 15) is 0 Å². The molecule has 0 unspecified atom stereocenters. The Morgan fingerprint density at radius 3 is 1.53 bits per heavy atom. The minimum absolute atomic E-state index is 0.630. The normalized spacial score (nSPS) is 11.2. The Morgan fingerprint density at radius 2 is 1.20 bits per heavy atom. The fourth-order valence-corrected chi connectivity index (χ4v) is 2.08. The summed E-state index contributed by atoms with van der Waals surface area (Å²) in [4.78, 5) is 0. The molecule has 5 heteroatoms. The van der Waals surface area contributed by atoms with Crippen molar-refractivity contribution in [2.24, 2.45) is 0 Å². The Hall–Kier alpha value is 0.0569. The van der Waals surface area contributed by atoms with E-state index in [1.807, 2.05) is 13.8 Å². The van der Waals surface area contributed by atoms with Crippen molar-refractivity contribution in [2.75, 3.05) is 39.6 Å². The summed E-state index contributed by atoms with van der Waals surface area (Å²) in [5.41, 5.74) is 0. The standard InChI is InChI=1S/C10H23O4Si/c1-4-11-7-9-13-15(6-3)14-10-8-12-5-2/h4-10H2,1-3H3. The smallest absolute Gasteiger partial charge is 0.384 e. The highest BCUT2D eigenvalue weighted by atomic mass is 28.3. The first kappa shape index (κ1) is 15.1. The van der Waals surface area contributed by atoms with Crippen LogP contribution < -0.4 is 0 Å². The molecule has 0 aliphatic heterocycles. The molecule has 0 aromatic rings. The van der Waals surface area contributed by atoms with Gasteiger partial charge in [-0.15, -0.1) is 0 Å². The highest BCUT2D eigenvalue weighted by Crippen LogP contribution is 1.96. The molecule has 0 fully saturated rings. The van der Waals surface area contributed by atoms with E-state index in [2.05, 4.69) is 6.92 Å². The molecular formula is C10H23O4Si. The van der Waals surface area contributed by atoms with Crippen LogP contribution in [0.3, 0.4) is 0 Å². The van der Waals surface area contributed by atoms with E-state index in [-0.39, 0.29) is 0 Å². The lowest BCUT2D eigenvalue weighted by atomic mass is 10.8. The second kappa shape index (κ2) is 12.1. The van der Waals surface area contributed by atoms with Crippen LogP contribution in [-0.4, -0.2) is 48.9 Å². The Bertz CT molecular complexity index is 112. The highest BCUT2D eigenvalue weighted by Gasteiger charge is 2.12. The molecule has 0 saturated heterocycles. The molecule has 0 amide bonds. The molecule has 0 N–H and O–H groups in total. The summed E-state index contributed by atoms with van der Waals surface area (Å²) < 4.78 is 21.5. The van der Waals surface area contributed by atoms with Crippen LogP contribution in [0.1, 0.15) is 20.8 Å². The van der Waals surface area contributed by atoms with Crippen LogP contribution in [0, 0.1) is 0 Å². The maximum atomic E-state index is 5.57. The molecule has 0 aromatic carbocycles. The fraction of sp³-hybridized carbons (Fsp3) is 1.00. The van der Waals surface area contributed by atoms with Crippen molar-refractivity contribution in [3.8, 4) is 0 Å². The van der Waals surface area contributed by atoms with Gasteiger partial charge in [0.1, 0.15) is 0 Å². The predicted octanol–water partition coefficient (Wildman–Crippen LogP) is 1.60. The van der Waals surface area contributed by atoms with Crippen LogP contribution in [0.2, 0.25) is 6.04 Å². The highest BCUT2D eigenvalue weighted by molar-refractivity contribution is 6.44. The first-order valence-electron chi connectivity index (χ1n) is 5.62. The Labute approximate surface area is 94.7 Å². The second-order valence-corrected chi connectivity index (χ2v) is 4.84. The molecule has 0 atom stereocenters. The van der Waals surface area contributed by atoms with Crippen LogP contribution >= 0.6 is 0 Å². The Balaban J connectivity index is 3.29.